The van der Waals surface area contributed by atoms with E-state index < -0.39 is 5.41 Å². The minimum Gasteiger partial charge on any atom is -0.311 e. The van der Waals surface area contributed by atoms with Gasteiger partial charge in [-0.05, 0) is 88.9 Å². The van der Waals surface area contributed by atoms with E-state index in [0.717, 1.165) is 17.1 Å². The number of hydrogen-bond acceptors (Lipinski definition) is 2. The smallest absolute Gasteiger partial charge is 0.0645 e. The van der Waals surface area contributed by atoms with Crippen LogP contribution in [0.4, 0.5) is 34.1 Å². The van der Waals surface area contributed by atoms with Crippen molar-refractivity contribution in [2.75, 3.05) is 9.80 Å². The van der Waals surface area contributed by atoms with Crippen molar-refractivity contribution >= 4 is 34.1 Å². The second kappa shape index (κ2) is 10.1. The van der Waals surface area contributed by atoms with E-state index in [9.17, 15) is 4.11 Å². The molecule has 41 heavy (non-hydrogen) atoms. The maximum Gasteiger partial charge on any atom is 0.0645 e. The molecule has 0 fully saturated rings. The molecule has 0 radical (unpaired) electrons. The average Bonchev–Trinajstić information content (AvgIpc) is 3.10. The lowest BCUT2D eigenvalue weighted by Gasteiger charge is -2.42. The molecule has 6 aromatic rings. The summed E-state index contributed by atoms with van der Waals surface area (Å²) in [6.07, 6.45) is 0. The lowest BCUT2D eigenvalue weighted by atomic mass is 9.73. The first-order chi connectivity index (χ1) is 23.0. The summed E-state index contributed by atoms with van der Waals surface area (Å²) in [7, 11) is 0. The van der Waals surface area contributed by atoms with Gasteiger partial charge in [-0.2, -0.15) is 0 Å². The summed E-state index contributed by atoms with van der Waals surface area (Å²) in [4.78, 5) is 3.76. The van der Waals surface area contributed by atoms with Crippen molar-refractivity contribution in [1.29, 1.82) is 0 Å². The van der Waals surface area contributed by atoms with Gasteiger partial charge in [0.15, 0.2) is 0 Å². The summed E-state index contributed by atoms with van der Waals surface area (Å²) < 4.78 is 63.2. The third kappa shape index (κ3) is 4.38. The van der Waals surface area contributed by atoms with Crippen molar-refractivity contribution in [2.24, 2.45) is 0 Å². The van der Waals surface area contributed by atoms with Gasteiger partial charge in [-0.1, -0.05) is 105 Å². The van der Waals surface area contributed by atoms with E-state index in [1.165, 1.54) is 0 Å². The first kappa shape index (κ1) is 18.3. The molecule has 0 unspecified atom stereocenters. The summed E-state index contributed by atoms with van der Waals surface area (Å²) >= 11 is 0. The van der Waals surface area contributed by atoms with E-state index >= 15 is 0 Å². The van der Waals surface area contributed by atoms with E-state index in [1.54, 1.807) is 17.0 Å². The van der Waals surface area contributed by atoms with Crippen LogP contribution in [0.2, 0.25) is 0 Å². The van der Waals surface area contributed by atoms with Gasteiger partial charge in [0.05, 0.1) is 21.0 Å². The lowest BCUT2D eigenvalue weighted by molar-refractivity contribution is 0.632. The molecule has 1 aliphatic rings. The molecule has 0 bridgehead atoms. The van der Waals surface area contributed by atoms with Crippen molar-refractivity contribution in [3.63, 3.8) is 0 Å². The van der Waals surface area contributed by atoms with Crippen LogP contribution in [0, 0.1) is 0 Å². The Morgan fingerprint density at radius 3 is 1.71 bits per heavy atom. The number of rotatable bonds is 5. The molecular weight excluding hydrogens is 496 g/mol. The fourth-order valence-corrected chi connectivity index (χ4v) is 5.54. The fourth-order valence-electron chi connectivity index (χ4n) is 5.54. The number of nitrogens with zero attached hydrogens (tertiary/aromatic N) is 2. The standard InChI is InChI=1S/C39H32N2/c1-39(2)35-20-12-13-21-37(35)41(33-18-10-5-11-19-33)38-27-24-30(28-36(38)39)29-22-25-34(26-23-29)40(31-14-6-3-7-15-31)32-16-8-4-9-17-32/h3-28H,1-2H3/i12D,13D,20D,21D,24D,27D,28D. The molecule has 0 N–H and O–H groups in total. The second-order valence-corrected chi connectivity index (χ2v) is 10.5. The molecule has 7 rings (SSSR count). The molecule has 0 saturated carbocycles. The van der Waals surface area contributed by atoms with Crippen molar-refractivity contribution in [3.8, 4) is 11.1 Å². The summed E-state index contributed by atoms with van der Waals surface area (Å²) in [5, 5.41) is 0. The molecule has 198 valence electrons. The van der Waals surface area contributed by atoms with Gasteiger partial charge < -0.3 is 9.80 Å². The first-order valence-corrected chi connectivity index (χ1v) is 13.6. The van der Waals surface area contributed by atoms with Gasteiger partial charge in [0.1, 0.15) is 0 Å². The predicted molar refractivity (Wildman–Crippen MR) is 173 cm³/mol. The highest BCUT2D eigenvalue weighted by Crippen LogP contribution is 2.52. The first-order valence-electron chi connectivity index (χ1n) is 17.1. The van der Waals surface area contributed by atoms with Crippen LogP contribution < -0.4 is 9.80 Å². The van der Waals surface area contributed by atoms with Crippen LogP contribution in [-0.4, -0.2) is 0 Å². The van der Waals surface area contributed by atoms with Crippen molar-refractivity contribution in [3.05, 3.63) is 169 Å². The maximum atomic E-state index is 9.64. The largest absolute Gasteiger partial charge is 0.311 e. The summed E-state index contributed by atoms with van der Waals surface area (Å²) in [6.45, 7) is 3.66. The van der Waals surface area contributed by atoms with Crippen LogP contribution in [0.3, 0.4) is 0 Å². The SMILES string of the molecule is [2H]c1c([2H])c([2H])c2c(c1[2H])N(c1ccccc1)c1c([2H])c([2H])c(-c3ccc(N(c4ccccc4)c4ccccc4)cc3)c([2H])c1C2(C)C. The van der Waals surface area contributed by atoms with Gasteiger partial charge in [-0.3, -0.25) is 0 Å². The van der Waals surface area contributed by atoms with Gasteiger partial charge in [-0.15, -0.1) is 0 Å². The van der Waals surface area contributed by atoms with Crippen LogP contribution in [0.25, 0.3) is 11.1 Å². The Morgan fingerprint density at radius 1 is 0.537 bits per heavy atom. The number of benzene rings is 6. The minimum atomic E-state index is -1.10. The highest BCUT2D eigenvalue weighted by atomic mass is 15.2. The monoisotopic (exact) mass is 535 g/mol. The van der Waals surface area contributed by atoms with Crippen molar-refractivity contribution in [1.82, 2.24) is 0 Å². The highest BCUT2D eigenvalue weighted by molar-refractivity contribution is 5.87. The van der Waals surface area contributed by atoms with Crippen LogP contribution in [0.5, 0.6) is 0 Å². The normalized spacial score (nSPS) is 15.7. The predicted octanol–water partition coefficient (Wildman–Crippen LogP) is 10.9. The summed E-state index contributed by atoms with van der Waals surface area (Å²) in [6, 6.07) is 35.4. The van der Waals surface area contributed by atoms with Crippen LogP contribution >= 0.6 is 0 Å². The quantitative estimate of drug-likeness (QED) is 0.217. The maximum absolute atomic E-state index is 9.64. The Labute approximate surface area is 252 Å². The van der Waals surface area contributed by atoms with Crippen molar-refractivity contribution in [2.45, 2.75) is 19.3 Å². The molecule has 6 aromatic carbocycles. The Hall–Kier alpha value is -5.08. The second-order valence-electron chi connectivity index (χ2n) is 10.5. The number of anilines is 6. The molecule has 0 amide bonds. The number of fused-ring (bicyclic) bond motifs is 2. The molecule has 0 atom stereocenters. The lowest BCUT2D eigenvalue weighted by Crippen LogP contribution is -2.30. The molecule has 1 aliphatic heterocycles. The summed E-state index contributed by atoms with van der Waals surface area (Å²) in [5.41, 5.74) is 4.51. The van der Waals surface area contributed by atoms with E-state index in [1.807, 2.05) is 117 Å². The van der Waals surface area contributed by atoms with Gasteiger partial charge in [0.25, 0.3) is 0 Å². The van der Waals surface area contributed by atoms with E-state index in [-0.39, 0.29) is 53.7 Å². The zero-order valence-corrected chi connectivity index (χ0v) is 22.9. The summed E-state index contributed by atoms with van der Waals surface area (Å²) in [5.74, 6) is 0. The Balaban J connectivity index is 1.45. The van der Waals surface area contributed by atoms with Crippen LogP contribution in [0.15, 0.2) is 158 Å². The molecule has 0 saturated heterocycles. The molecule has 2 heteroatoms. The zero-order valence-electron chi connectivity index (χ0n) is 29.9. The van der Waals surface area contributed by atoms with Crippen LogP contribution in [0.1, 0.15) is 34.6 Å². The third-order valence-corrected chi connectivity index (χ3v) is 7.61. The van der Waals surface area contributed by atoms with E-state index in [0.29, 0.717) is 27.9 Å². The number of hydrogen-bond donors (Lipinski definition) is 0. The Bertz CT molecular complexity index is 2130. The molecule has 2 nitrogen and oxygen atoms in total. The topological polar surface area (TPSA) is 6.48 Å². The molecular formula is C39H32N2. The van der Waals surface area contributed by atoms with Crippen molar-refractivity contribution < 1.29 is 9.60 Å². The highest BCUT2D eigenvalue weighted by Gasteiger charge is 2.36. The number of para-hydroxylation sites is 4. The molecule has 0 aromatic heterocycles. The van der Waals surface area contributed by atoms with Gasteiger partial charge in [0.2, 0.25) is 0 Å². The Kier molecular flexibility index (Phi) is 4.53. The van der Waals surface area contributed by atoms with Gasteiger partial charge >= 0.3 is 0 Å². The molecule has 0 spiro atoms. The molecule has 1 heterocycles. The minimum absolute atomic E-state index is 0.0470. The third-order valence-electron chi connectivity index (χ3n) is 7.61. The van der Waals surface area contributed by atoms with Gasteiger partial charge in [0, 0.05) is 28.2 Å². The Morgan fingerprint density at radius 2 is 1.07 bits per heavy atom. The van der Waals surface area contributed by atoms with Crippen LogP contribution in [-0.2, 0) is 5.41 Å². The zero-order chi connectivity index (χ0) is 33.9. The fraction of sp³-hybridized carbons (Fsp3) is 0.0769. The average molecular weight is 536 g/mol. The van der Waals surface area contributed by atoms with E-state index in [4.69, 9.17) is 5.48 Å². The van der Waals surface area contributed by atoms with E-state index in [2.05, 4.69) is 4.90 Å². The molecule has 0 aliphatic carbocycles. The van der Waals surface area contributed by atoms with Gasteiger partial charge in [-0.25, -0.2) is 0 Å².